The molecule has 0 aromatic rings. The molecule has 0 radical (unpaired) electrons. The van der Waals surface area contributed by atoms with Gasteiger partial charge in [-0.05, 0) is 58.9 Å². The molecule has 4 nitrogen and oxygen atoms in total. The van der Waals surface area contributed by atoms with Crippen molar-refractivity contribution in [3.63, 3.8) is 0 Å². The van der Waals surface area contributed by atoms with Gasteiger partial charge in [-0.25, -0.2) is 4.79 Å². The zero-order valence-electron chi connectivity index (χ0n) is 14.0. The summed E-state index contributed by atoms with van der Waals surface area (Å²) in [5.74, 6) is 1.33. The molecule has 1 aliphatic rings. The Hall–Kier alpha value is -0.770. The summed E-state index contributed by atoms with van der Waals surface area (Å²) < 4.78 is 5.30. The van der Waals surface area contributed by atoms with Gasteiger partial charge in [0.2, 0.25) is 0 Å². The Morgan fingerprint density at radius 1 is 1.30 bits per heavy atom. The van der Waals surface area contributed by atoms with Gasteiger partial charge in [0.25, 0.3) is 0 Å². The van der Waals surface area contributed by atoms with Gasteiger partial charge in [0.05, 0.1) is 0 Å². The fraction of sp³-hybridized carbons (Fsp3) is 0.938. The first kappa shape index (κ1) is 17.3. The van der Waals surface area contributed by atoms with Crippen molar-refractivity contribution in [2.45, 2.75) is 71.9 Å². The van der Waals surface area contributed by atoms with E-state index >= 15 is 0 Å². The molecule has 0 spiro atoms. The van der Waals surface area contributed by atoms with Crippen molar-refractivity contribution >= 4 is 6.09 Å². The lowest BCUT2D eigenvalue weighted by molar-refractivity contribution is 0.0507. The maximum Gasteiger partial charge on any atom is 0.407 e. The Morgan fingerprint density at radius 2 is 1.90 bits per heavy atom. The first-order chi connectivity index (χ1) is 9.16. The number of hydrogen-bond donors (Lipinski definition) is 2. The highest BCUT2D eigenvalue weighted by Gasteiger charge is 2.41. The van der Waals surface area contributed by atoms with E-state index in [1.807, 2.05) is 20.8 Å². The SMILES string of the molecule is CCC(C)CNC(C)(CNC(=O)OC(C)(C)C)C1CC1. The maximum atomic E-state index is 11.8. The van der Waals surface area contributed by atoms with Gasteiger partial charge in [-0.3, -0.25) is 0 Å². The lowest BCUT2D eigenvalue weighted by Gasteiger charge is -2.33. The zero-order valence-corrected chi connectivity index (χ0v) is 14.0. The van der Waals surface area contributed by atoms with E-state index < -0.39 is 5.60 Å². The van der Waals surface area contributed by atoms with Crippen molar-refractivity contribution in [1.29, 1.82) is 0 Å². The number of nitrogens with one attached hydrogen (secondary N) is 2. The lowest BCUT2D eigenvalue weighted by Crippen LogP contribution is -2.54. The van der Waals surface area contributed by atoms with Crippen molar-refractivity contribution in [3.8, 4) is 0 Å². The van der Waals surface area contributed by atoms with Crippen LogP contribution in [-0.2, 0) is 4.74 Å². The summed E-state index contributed by atoms with van der Waals surface area (Å²) in [6.45, 7) is 13.9. The first-order valence-corrected chi connectivity index (χ1v) is 7.88. The number of ether oxygens (including phenoxy) is 1. The van der Waals surface area contributed by atoms with Crippen LogP contribution in [0.4, 0.5) is 4.79 Å². The number of alkyl carbamates (subject to hydrolysis) is 1. The Labute approximate surface area is 124 Å². The average Bonchev–Trinajstić information content (AvgIpc) is 3.15. The molecule has 1 aliphatic carbocycles. The zero-order chi connectivity index (χ0) is 15.4. The minimum atomic E-state index is -0.440. The minimum absolute atomic E-state index is 0.0136. The number of carbonyl (C=O) groups excluding carboxylic acids is 1. The van der Waals surface area contributed by atoms with Crippen molar-refractivity contribution in [2.24, 2.45) is 11.8 Å². The van der Waals surface area contributed by atoms with Crippen LogP contribution in [0.3, 0.4) is 0 Å². The molecule has 0 heterocycles. The molecule has 2 unspecified atom stereocenters. The standard InChI is InChI=1S/C16H32N2O2/c1-7-12(2)10-18-16(6,13-8-9-13)11-17-14(19)20-15(3,4)5/h12-13,18H,7-11H2,1-6H3,(H,17,19). The minimum Gasteiger partial charge on any atom is -0.444 e. The molecule has 0 aliphatic heterocycles. The van der Waals surface area contributed by atoms with Crippen LogP contribution >= 0.6 is 0 Å². The van der Waals surface area contributed by atoms with E-state index in [1.165, 1.54) is 19.3 Å². The van der Waals surface area contributed by atoms with Crippen molar-refractivity contribution < 1.29 is 9.53 Å². The number of rotatable bonds is 7. The van der Waals surface area contributed by atoms with Gasteiger partial charge in [0, 0.05) is 12.1 Å². The summed E-state index contributed by atoms with van der Waals surface area (Å²) >= 11 is 0. The number of hydrogen-bond acceptors (Lipinski definition) is 3. The quantitative estimate of drug-likeness (QED) is 0.754. The van der Waals surface area contributed by atoms with E-state index in [9.17, 15) is 4.79 Å². The van der Waals surface area contributed by atoms with E-state index in [0.29, 0.717) is 18.4 Å². The van der Waals surface area contributed by atoms with Gasteiger partial charge in [0.1, 0.15) is 5.60 Å². The van der Waals surface area contributed by atoms with E-state index in [-0.39, 0.29) is 11.6 Å². The average molecular weight is 284 g/mol. The Kier molecular flexibility index (Phi) is 5.87. The molecule has 0 aromatic heterocycles. The summed E-state index contributed by atoms with van der Waals surface area (Å²) in [5.41, 5.74) is -0.454. The topological polar surface area (TPSA) is 50.4 Å². The molecule has 1 saturated carbocycles. The van der Waals surface area contributed by atoms with Crippen LogP contribution in [0, 0.1) is 11.8 Å². The van der Waals surface area contributed by atoms with Crippen LogP contribution in [0.1, 0.15) is 60.8 Å². The van der Waals surface area contributed by atoms with E-state index in [0.717, 1.165) is 6.54 Å². The summed E-state index contributed by atoms with van der Waals surface area (Å²) in [7, 11) is 0. The fourth-order valence-corrected chi connectivity index (χ4v) is 2.19. The second-order valence-electron chi connectivity index (χ2n) is 7.44. The predicted octanol–water partition coefficient (Wildman–Crippen LogP) is 3.32. The Bertz CT molecular complexity index is 321. The normalized spacial score (nSPS) is 20.1. The van der Waals surface area contributed by atoms with Gasteiger partial charge in [-0.1, -0.05) is 20.3 Å². The van der Waals surface area contributed by atoms with Crippen LogP contribution in [-0.4, -0.2) is 30.3 Å². The summed E-state index contributed by atoms with van der Waals surface area (Å²) in [4.78, 5) is 11.8. The second kappa shape index (κ2) is 6.79. The molecule has 20 heavy (non-hydrogen) atoms. The summed E-state index contributed by atoms with van der Waals surface area (Å²) in [5, 5.41) is 6.58. The van der Waals surface area contributed by atoms with E-state index in [2.05, 4.69) is 31.4 Å². The Morgan fingerprint density at radius 3 is 2.35 bits per heavy atom. The number of amides is 1. The highest BCUT2D eigenvalue weighted by molar-refractivity contribution is 5.67. The molecular weight excluding hydrogens is 252 g/mol. The summed E-state index contributed by atoms with van der Waals surface area (Å²) in [6.07, 6.45) is 3.35. The van der Waals surface area contributed by atoms with Crippen molar-refractivity contribution in [3.05, 3.63) is 0 Å². The molecule has 0 aromatic carbocycles. The highest BCUT2D eigenvalue weighted by atomic mass is 16.6. The van der Waals surface area contributed by atoms with Crippen molar-refractivity contribution in [2.75, 3.05) is 13.1 Å². The molecule has 0 bridgehead atoms. The van der Waals surface area contributed by atoms with Gasteiger partial charge in [-0.15, -0.1) is 0 Å². The third-order valence-corrected chi connectivity index (χ3v) is 4.03. The van der Waals surface area contributed by atoms with Crippen LogP contribution in [0.15, 0.2) is 0 Å². The van der Waals surface area contributed by atoms with E-state index in [4.69, 9.17) is 4.74 Å². The van der Waals surface area contributed by atoms with Gasteiger partial charge < -0.3 is 15.4 Å². The predicted molar refractivity (Wildman–Crippen MR) is 82.8 cm³/mol. The van der Waals surface area contributed by atoms with Gasteiger partial charge in [0.15, 0.2) is 0 Å². The highest BCUT2D eigenvalue weighted by Crippen LogP contribution is 2.39. The summed E-state index contributed by atoms with van der Waals surface area (Å²) in [6, 6.07) is 0. The molecule has 2 atom stereocenters. The molecule has 2 N–H and O–H groups in total. The third kappa shape index (κ3) is 6.12. The molecule has 0 saturated heterocycles. The monoisotopic (exact) mass is 284 g/mol. The molecule has 1 amide bonds. The van der Waals surface area contributed by atoms with Crippen molar-refractivity contribution in [1.82, 2.24) is 10.6 Å². The van der Waals surface area contributed by atoms with Crippen LogP contribution in [0.25, 0.3) is 0 Å². The third-order valence-electron chi connectivity index (χ3n) is 4.03. The molecular formula is C16H32N2O2. The van der Waals surface area contributed by atoms with Crippen LogP contribution in [0.2, 0.25) is 0 Å². The molecule has 4 heteroatoms. The smallest absolute Gasteiger partial charge is 0.407 e. The molecule has 1 fully saturated rings. The maximum absolute atomic E-state index is 11.8. The number of carbonyl (C=O) groups is 1. The molecule has 118 valence electrons. The largest absolute Gasteiger partial charge is 0.444 e. The first-order valence-electron chi connectivity index (χ1n) is 7.88. The van der Waals surface area contributed by atoms with Gasteiger partial charge in [-0.2, -0.15) is 0 Å². The van der Waals surface area contributed by atoms with Crippen LogP contribution in [0.5, 0.6) is 0 Å². The van der Waals surface area contributed by atoms with E-state index in [1.54, 1.807) is 0 Å². The van der Waals surface area contributed by atoms with Crippen LogP contribution < -0.4 is 10.6 Å². The fourth-order valence-electron chi connectivity index (χ4n) is 2.19. The molecule has 1 rings (SSSR count). The van der Waals surface area contributed by atoms with Gasteiger partial charge >= 0.3 is 6.09 Å². The lowest BCUT2D eigenvalue weighted by atomic mass is 9.94. The Balaban J connectivity index is 2.44. The second-order valence-corrected chi connectivity index (χ2v) is 7.44.